The molecule has 1 heterocycles. The van der Waals surface area contributed by atoms with Crippen LogP contribution in [-0.2, 0) is 17.8 Å². The number of guanidine groups is 1. The molecule has 152 valence electrons. The molecule has 0 spiro atoms. The van der Waals surface area contributed by atoms with E-state index in [0.717, 1.165) is 5.56 Å². The summed E-state index contributed by atoms with van der Waals surface area (Å²) in [5, 5.41) is 6.21. The minimum absolute atomic E-state index is 0.133. The Morgan fingerprint density at radius 2 is 1.89 bits per heavy atom. The lowest BCUT2D eigenvalue weighted by molar-refractivity contribution is -0.0504. The fourth-order valence-electron chi connectivity index (χ4n) is 2.28. The van der Waals surface area contributed by atoms with E-state index in [1.807, 2.05) is 6.07 Å². The summed E-state index contributed by atoms with van der Waals surface area (Å²) >= 11 is 0. The highest BCUT2D eigenvalue weighted by molar-refractivity contribution is 5.79. The predicted octanol–water partition coefficient (Wildman–Crippen LogP) is 2.57. The summed E-state index contributed by atoms with van der Waals surface area (Å²) in [4.78, 5) is 8.34. The first-order chi connectivity index (χ1) is 13.6. The Hall–Kier alpha value is -2.94. The average molecular weight is 394 g/mol. The number of ether oxygens (including phenoxy) is 3. The zero-order chi connectivity index (χ0) is 20.2. The van der Waals surface area contributed by atoms with Crippen molar-refractivity contribution in [3.63, 3.8) is 0 Å². The van der Waals surface area contributed by atoms with Crippen molar-refractivity contribution >= 4 is 5.96 Å². The molecule has 2 N–H and O–H groups in total. The van der Waals surface area contributed by atoms with Gasteiger partial charge >= 0.3 is 6.61 Å². The second-order valence-corrected chi connectivity index (χ2v) is 5.61. The van der Waals surface area contributed by atoms with Crippen LogP contribution in [0.25, 0.3) is 0 Å². The molecule has 0 saturated carbocycles. The maximum Gasteiger partial charge on any atom is 0.387 e. The van der Waals surface area contributed by atoms with Crippen molar-refractivity contribution in [1.29, 1.82) is 0 Å². The Morgan fingerprint density at radius 1 is 1.11 bits per heavy atom. The third kappa shape index (κ3) is 7.36. The second-order valence-electron chi connectivity index (χ2n) is 5.61. The largest absolute Gasteiger partial charge is 0.475 e. The Morgan fingerprint density at radius 3 is 2.57 bits per heavy atom. The number of para-hydroxylation sites is 1. The molecule has 2 rings (SSSR count). The summed E-state index contributed by atoms with van der Waals surface area (Å²) < 4.78 is 39.8. The minimum atomic E-state index is -2.87. The molecule has 2 aromatic rings. The van der Waals surface area contributed by atoms with Gasteiger partial charge in [-0.3, -0.25) is 4.99 Å². The molecule has 9 heteroatoms. The standard InChI is InChI=1S/C19H24F2N4O3/c1-22-19(25-13-15-5-3-4-6-16(15)28-18(20)21)24-12-14-7-8-17(23-11-14)27-10-9-26-2/h3-8,11,18H,9-10,12-13H2,1-2H3,(H2,22,24,25). The lowest BCUT2D eigenvalue weighted by atomic mass is 10.2. The van der Waals surface area contributed by atoms with E-state index in [0.29, 0.717) is 37.2 Å². The van der Waals surface area contributed by atoms with Crippen molar-refractivity contribution in [1.82, 2.24) is 15.6 Å². The highest BCUT2D eigenvalue weighted by Crippen LogP contribution is 2.19. The van der Waals surface area contributed by atoms with Crippen LogP contribution in [0.3, 0.4) is 0 Å². The second kappa shape index (κ2) is 11.7. The molecular formula is C19H24F2N4O3. The van der Waals surface area contributed by atoms with Crippen LogP contribution in [0.5, 0.6) is 11.6 Å². The third-order valence-corrected chi connectivity index (χ3v) is 3.65. The summed E-state index contributed by atoms with van der Waals surface area (Å²) in [6.07, 6.45) is 1.70. The van der Waals surface area contributed by atoms with E-state index >= 15 is 0 Å². The number of halogens is 2. The number of hydrogen-bond acceptors (Lipinski definition) is 5. The molecule has 0 aliphatic heterocycles. The Labute approximate surface area is 162 Å². The summed E-state index contributed by atoms with van der Waals surface area (Å²) in [7, 11) is 3.23. The SMILES string of the molecule is CN=C(NCc1ccc(OCCOC)nc1)NCc1ccccc1OC(F)F. The van der Waals surface area contributed by atoms with Gasteiger partial charge in [0.1, 0.15) is 12.4 Å². The van der Waals surface area contributed by atoms with E-state index in [-0.39, 0.29) is 12.3 Å². The lowest BCUT2D eigenvalue weighted by Crippen LogP contribution is -2.36. The van der Waals surface area contributed by atoms with Gasteiger partial charge in [0.2, 0.25) is 5.88 Å². The zero-order valence-corrected chi connectivity index (χ0v) is 15.8. The van der Waals surface area contributed by atoms with E-state index in [2.05, 4.69) is 25.3 Å². The van der Waals surface area contributed by atoms with Crippen molar-refractivity contribution in [2.45, 2.75) is 19.7 Å². The van der Waals surface area contributed by atoms with Crippen LogP contribution in [0, 0.1) is 0 Å². The topological polar surface area (TPSA) is 77.0 Å². The van der Waals surface area contributed by atoms with E-state index in [1.165, 1.54) is 6.07 Å². The van der Waals surface area contributed by atoms with E-state index in [4.69, 9.17) is 9.47 Å². The molecule has 0 aliphatic rings. The van der Waals surface area contributed by atoms with Crippen LogP contribution in [-0.4, -0.2) is 44.9 Å². The third-order valence-electron chi connectivity index (χ3n) is 3.65. The molecule has 7 nitrogen and oxygen atoms in total. The summed E-state index contributed by atoms with van der Waals surface area (Å²) in [5.41, 5.74) is 1.54. The molecular weight excluding hydrogens is 370 g/mol. The molecule has 0 aliphatic carbocycles. The smallest absolute Gasteiger partial charge is 0.387 e. The fraction of sp³-hybridized carbons (Fsp3) is 0.368. The van der Waals surface area contributed by atoms with Crippen LogP contribution in [0.2, 0.25) is 0 Å². The molecule has 0 bridgehead atoms. The number of nitrogens with zero attached hydrogens (tertiary/aromatic N) is 2. The molecule has 0 saturated heterocycles. The molecule has 1 aromatic carbocycles. The highest BCUT2D eigenvalue weighted by Gasteiger charge is 2.09. The lowest BCUT2D eigenvalue weighted by Gasteiger charge is -2.14. The van der Waals surface area contributed by atoms with Gasteiger partial charge in [-0.25, -0.2) is 4.98 Å². The van der Waals surface area contributed by atoms with Crippen molar-refractivity contribution in [2.75, 3.05) is 27.4 Å². The first-order valence-electron chi connectivity index (χ1n) is 8.66. The number of methoxy groups -OCH3 is 1. The number of pyridine rings is 1. The quantitative estimate of drug-likeness (QED) is 0.366. The first-order valence-corrected chi connectivity index (χ1v) is 8.66. The molecule has 28 heavy (non-hydrogen) atoms. The van der Waals surface area contributed by atoms with Gasteiger partial charge in [0.05, 0.1) is 6.61 Å². The molecule has 1 aromatic heterocycles. The van der Waals surface area contributed by atoms with E-state index < -0.39 is 6.61 Å². The number of aliphatic imine (C=N–C) groups is 1. The van der Waals surface area contributed by atoms with Crippen molar-refractivity contribution < 1.29 is 23.0 Å². The van der Waals surface area contributed by atoms with Crippen LogP contribution in [0.1, 0.15) is 11.1 Å². The summed E-state index contributed by atoms with van der Waals surface area (Å²) in [6, 6.07) is 10.3. The zero-order valence-electron chi connectivity index (χ0n) is 15.8. The average Bonchev–Trinajstić information content (AvgIpc) is 2.70. The molecule has 0 radical (unpaired) electrons. The molecule has 0 fully saturated rings. The van der Waals surface area contributed by atoms with Gasteiger partial charge < -0.3 is 24.8 Å². The van der Waals surface area contributed by atoms with Gasteiger partial charge in [-0.15, -0.1) is 0 Å². The maximum atomic E-state index is 12.5. The normalized spacial score (nSPS) is 11.4. The number of alkyl halides is 2. The number of hydrogen-bond donors (Lipinski definition) is 2. The van der Waals surface area contributed by atoms with Crippen LogP contribution in [0.4, 0.5) is 8.78 Å². The number of aromatic nitrogens is 1. The monoisotopic (exact) mass is 394 g/mol. The highest BCUT2D eigenvalue weighted by atomic mass is 19.3. The summed E-state index contributed by atoms with van der Waals surface area (Å²) in [5.74, 6) is 1.18. The Bertz CT molecular complexity index is 742. The maximum absolute atomic E-state index is 12.5. The van der Waals surface area contributed by atoms with Crippen LogP contribution < -0.4 is 20.1 Å². The number of rotatable bonds is 10. The minimum Gasteiger partial charge on any atom is -0.475 e. The number of benzene rings is 1. The predicted molar refractivity (Wildman–Crippen MR) is 102 cm³/mol. The van der Waals surface area contributed by atoms with Crippen LogP contribution in [0.15, 0.2) is 47.6 Å². The van der Waals surface area contributed by atoms with Gasteiger partial charge in [0, 0.05) is 45.1 Å². The van der Waals surface area contributed by atoms with Gasteiger partial charge in [-0.1, -0.05) is 24.3 Å². The Kier molecular flexibility index (Phi) is 8.93. The van der Waals surface area contributed by atoms with Gasteiger partial charge in [-0.05, 0) is 11.6 Å². The molecule has 0 atom stereocenters. The van der Waals surface area contributed by atoms with Gasteiger partial charge in [0.15, 0.2) is 5.96 Å². The number of nitrogens with one attached hydrogen (secondary N) is 2. The van der Waals surface area contributed by atoms with Gasteiger partial charge in [-0.2, -0.15) is 8.78 Å². The molecule has 0 unspecified atom stereocenters. The first kappa shape index (κ1) is 21.4. The summed E-state index contributed by atoms with van der Waals surface area (Å²) in [6.45, 7) is -1.16. The van der Waals surface area contributed by atoms with Crippen molar-refractivity contribution in [3.05, 3.63) is 53.7 Å². The Balaban J connectivity index is 1.83. The van der Waals surface area contributed by atoms with Crippen molar-refractivity contribution in [3.8, 4) is 11.6 Å². The van der Waals surface area contributed by atoms with E-state index in [9.17, 15) is 8.78 Å². The fourth-order valence-corrected chi connectivity index (χ4v) is 2.28. The molecule has 0 amide bonds. The van der Waals surface area contributed by atoms with E-state index in [1.54, 1.807) is 44.6 Å². The van der Waals surface area contributed by atoms with Crippen LogP contribution >= 0.6 is 0 Å². The van der Waals surface area contributed by atoms with Crippen molar-refractivity contribution in [2.24, 2.45) is 4.99 Å². The van der Waals surface area contributed by atoms with Gasteiger partial charge in [0.25, 0.3) is 0 Å².